The first-order valence-electron chi connectivity index (χ1n) is 10.5. The molecule has 0 N–H and O–H groups in total. The molecule has 1 unspecified atom stereocenters. The summed E-state index contributed by atoms with van der Waals surface area (Å²) in [5.41, 5.74) is 0.974. The maximum Gasteiger partial charge on any atom is 0.136 e. The quantitative estimate of drug-likeness (QED) is 0.609. The summed E-state index contributed by atoms with van der Waals surface area (Å²) in [7, 11) is 0. The van der Waals surface area contributed by atoms with Crippen LogP contribution in [-0.2, 0) is 4.79 Å². The molecule has 0 aromatic rings. The van der Waals surface area contributed by atoms with Gasteiger partial charge in [0.15, 0.2) is 0 Å². The van der Waals surface area contributed by atoms with Crippen molar-refractivity contribution in [1.29, 1.82) is 0 Å². The molecule has 23 heavy (non-hydrogen) atoms. The molecular weight excluding hydrogens is 280 g/mol. The van der Waals surface area contributed by atoms with Crippen LogP contribution in [0.3, 0.4) is 0 Å². The van der Waals surface area contributed by atoms with Crippen LogP contribution in [0.15, 0.2) is 0 Å². The number of fused-ring (bicyclic) bond motifs is 5. The zero-order valence-corrected chi connectivity index (χ0v) is 15.6. The van der Waals surface area contributed by atoms with Gasteiger partial charge < -0.3 is 0 Å². The molecule has 0 heterocycles. The van der Waals surface area contributed by atoms with E-state index in [1.54, 1.807) is 0 Å². The van der Waals surface area contributed by atoms with Crippen molar-refractivity contribution in [2.24, 2.45) is 40.4 Å². The van der Waals surface area contributed by atoms with E-state index in [0.717, 1.165) is 30.1 Å². The van der Waals surface area contributed by atoms with Crippen molar-refractivity contribution >= 4 is 5.78 Å². The molecule has 0 aliphatic heterocycles. The van der Waals surface area contributed by atoms with Gasteiger partial charge in [-0.3, -0.25) is 4.79 Å². The van der Waals surface area contributed by atoms with Crippen LogP contribution in [0.25, 0.3) is 0 Å². The molecule has 0 radical (unpaired) electrons. The van der Waals surface area contributed by atoms with E-state index in [2.05, 4.69) is 20.8 Å². The van der Waals surface area contributed by atoms with Crippen molar-refractivity contribution in [3.8, 4) is 0 Å². The summed E-state index contributed by atoms with van der Waals surface area (Å²) in [5.74, 6) is 4.71. The van der Waals surface area contributed by atoms with E-state index in [9.17, 15) is 4.79 Å². The highest BCUT2D eigenvalue weighted by molar-refractivity contribution is 5.81. The standard InChI is InChI=1S/C22H36O/c1-4-20(23)19-11-10-17-16-9-8-15-7-5-6-13-21(15,2)18(16)12-14-22(17,19)3/h15-19H,4-14H2,1-3H3/t15?,16-,17-,18-,19-,21-,22-/m0/s1. The van der Waals surface area contributed by atoms with Crippen LogP contribution in [0.5, 0.6) is 0 Å². The molecule has 130 valence electrons. The van der Waals surface area contributed by atoms with Gasteiger partial charge in [0.2, 0.25) is 0 Å². The molecule has 0 saturated heterocycles. The summed E-state index contributed by atoms with van der Waals surface area (Å²) >= 11 is 0. The van der Waals surface area contributed by atoms with Gasteiger partial charge in [-0.2, -0.15) is 0 Å². The Hall–Kier alpha value is -0.330. The Kier molecular flexibility index (Phi) is 3.93. The molecule has 4 fully saturated rings. The van der Waals surface area contributed by atoms with E-state index in [1.165, 1.54) is 64.2 Å². The second-order valence-corrected chi connectivity index (χ2v) is 9.90. The highest BCUT2D eigenvalue weighted by atomic mass is 16.1. The van der Waals surface area contributed by atoms with E-state index in [4.69, 9.17) is 0 Å². The molecule has 4 saturated carbocycles. The number of carbonyl (C=O) groups is 1. The first kappa shape index (κ1) is 16.2. The third-order valence-electron chi connectivity index (χ3n) is 9.32. The largest absolute Gasteiger partial charge is 0.299 e. The molecule has 0 spiro atoms. The predicted molar refractivity (Wildman–Crippen MR) is 95.1 cm³/mol. The van der Waals surface area contributed by atoms with Crippen LogP contribution in [0.1, 0.15) is 91.4 Å². The highest BCUT2D eigenvalue weighted by Gasteiger charge is 2.60. The first-order chi connectivity index (χ1) is 11.0. The smallest absolute Gasteiger partial charge is 0.136 e. The minimum Gasteiger partial charge on any atom is -0.299 e. The zero-order chi connectivity index (χ0) is 16.2. The zero-order valence-electron chi connectivity index (χ0n) is 15.6. The molecule has 4 aliphatic rings. The average Bonchev–Trinajstić information content (AvgIpc) is 2.91. The molecule has 0 amide bonds. The maximum absolute atomic E-state index is 12.5. The topological polar surface area (TPSA) is 17.1 Å². The predicted octanol–water partition coefficient (Wildman–Crippen LogP) is 6.01. The third-order valence-corrected chi connectivity index (χ3v) is 9.32. The fourth-order valence-electron chi connectivity index (χ4n) is 8.07. The lowest BCUT2D eigenvalue weighted by atomic mass is 9.45. The van der Waals surface area contributed by atoms with E-state index in [0.29, 0.717) is 22.5 Å². The van der Waals surface area contributed by atoms with Crippen LogP contribution in [-0.4, -0.2) is 5.78 Å². The summed E-state index contributed by atoms with van der Waals surface area (Å²) < 4.78 is 0. The molecule has 7 atom stereocenters. The summed E-state index contributed by atoms with van der Waals surface area (Å²) in [5, 5.41) is 0. The SMILES string of the molecule is CCC(=O)[C@@H]1CC[C@H]2[C@@H]3CCC4CCCC[C@]4(C)[C@H]3CC[C@]12C. The number of hydrogen-bond acceptors (Lipinski definition) is 1. The number of hydrogen-bond donors (Lipinski definition) is 0. The van der Waals surface area contributed by atoms with E-state index >= 15 is 0 Å². The van der Waals surface area contributed by atoms with Crippen molar-refractivity contribution in [2.75, 3.05) is 0 Å². The normalized spacial score (nSPS) is 52.4. The molecular formula is C22H36O. The Bertz CT molecular complexity index is 482. The van der Waals surface area contributed by atoms with Crippen LogP contribution in [0.2, 0.25) is 0 Å². The highest BCUT2D eigenvalue weighted by Crippen LogP contribution is 2.67. The van der Waals surface area contributed by atoms with Gasteiger partial charge in [-0.25, -0.2) is 0 Å². The lowest BCUT2D eigenvalue weighted by Gasteiger charge is -2.60. The molecule has 0 aromatic heterocycles. The Morgan fingerprint density at radius 1 is 0.870 bits per heavy atom. The second-order valence-electron chi connectivity index (χ2n) is 9.90. The fourth-order valence-corrected chi connectivity index (χ4v) is 8.07. The minimum absolute atomic E-state index is 0.339. The Balaban J connectivity index is 1.61. The number of carbonyl (C=O) groups excluding carboxylic acids is 1. The van der Waals surface area contributed by atoms with Crippen LogP contribution < -0.4 is 0 Å². The Morgan fingerprint density at radius 2 is 1.65 bits per heavy atom. The van der Waals surface area contributed by atoms with Gasteiger partial charge in [0.05, 0.1) is 0 Å². The van der Waals surface area contributed by atoms with Gasteiger partial charge in [-0.05, 0) is 85.9 Å². The molecule has 4 aliphatic carbocycles. The van der Waals surface area contributed by atoms with Crippen molar-refractivity contribution in [3.05, 3.63) is 0 Å². The van der Waals surface area contributed by atoms with Crippen molar-refractivity contribution < 1.29 is 4.79 Å². The van der Waals surface area contributed by atoms with Crippen molar-refractivity contribution in [2.45, 2.75) is 91.4 Å². The van der Waals surface area contributed by atoms with Crippen molar-refractivity contribution in [1.82, 2.24) is 0 Å². The second kappa shape index (κ2) is 5.60. The van der Waals surface area contributed by atoms with Gasteiger partial charge in [-0.1, -0.05) is 33.6 Å². The summed E-state index contributed by atoms with van der Waals surface area (Å²) in [6, 6.07) is 0. The Morgan fingerprint density at radius 3 is 2.43 bits per heavy atom. The summed E-state index contributed by atoms with van der Waals surface area (Å²) in [6.45, 7) is 7.22. The Labute approximate surface area is 143 Å². The van der Waals surface area contributed by atoms with Crippen LogP contribution >= 0.6 is 0 Å². The lowest BCUT2D eigenvalue weighted by Crippen LogP contribution is -2.53. The van der Waals surface area contributed by atoms with Gasteiger partial charge >= 0.3 is 0 Å². The molecule has 0 aromatic carbocycles. The van der Waals surface area contributed by atoms with Gasteiger partial charge in [0, 0.05) is 12.3 Å². The minimum atomic E-state index is 0.339. The monoisotopic (exact) mass is 316 g/mol. The molecule has 1 nitrogen and oxygen atoms in total. The van der Waals surface area contributed by atoms with E-state index in [-0.39, 0.29) is 0 Å². The maximum atomic E-state index is 12.5. The van der Waals surface area contributed by atoms with Crippen LogP contribution in [0.4, 0.5) is 0 Å². The van der Waals surface area contributed by atoms with Gasteiger partial charge in [0.25, 0.3) is 0 Å². The van der Waals surface area contributed by atoms with E-state index in [1.807, 2.05) is 0 Å². The molecule has 0 bridgehead atoms. The molecule has 4 rings (SSSR count). The first-order valence-corrected chi connectivity index (χ1v) is 10.5. The van der Waals surface area contributed by atoms with Crippen LogP contribution in [0, 0.1) is 40.4 Å². The number of ketones is 1. The fraction of sp³-hybridized carbons (Fsp3) is 0.955. The van der Waals surface area contributed by atoms with Gasteiger partial charge in [0.1, 0.15) is 5.78 Å². The van der Waals surface area contributed by atoms with Crippen molar-refractivity contribution in [3.63, 3.8) is 0 Å². The molecule has 1 heteroatoms. The third kappa shape index (κ3) is 2.20. The summed E-state index contributed by atoms with van der Waals surface area (Å²) in [6.07, 6.45) is 14.9. The average molecular weight is 317 g/mol. The van der Waals surface area contributed by atoms with E-state index < -0.39 is 0 Å². The summed E-state index contributed by atoms with van der Waals surface area (Å²) in [4.78, 5) is 12.5. The van der Waals surface area contributed by atoms with Gasteiger partial charge in [-0.15, -0.1) is 0 Å². The number of Topliss-reactive ketones (excluding diaryl/α,β-unsaturated/α-hetero) is 1. The number of rotatable bonds is 2. The lowest BCUT2D eigenvalue weighted by molar-refractivity contribution is -0.135.